The van der Waals surface area contributed by atoms with Crippen LogP contribution < -0.4 is 11.2 Å². The summed E-state index contributed by atoms with van der Waals surface area (Å²) in [5.41, 5.74) is 7.59. The number of fused-ring (bicyclic) bond motifs is 2. The highest BCUT2D eigenvalue weighted by Crippen LogP contribution is 2.31. The normalized spacial score (nSPS) is 11.1. The van der Waals surface area contributed by atoms with Crippen LogP contribution in [0.15, 0.2) is 63.9 Å². The molecule has 0 radical (unpaired) electrons. The van der Waals surface area contributed by atoms with E-state index in [4.69, 9.17) is 10.2 Å². The number of para-hydroxylation sites is 1. The molecule has 112 valence electrons. The topological polar surface area (TPSA) is 89.4 Å². The fourth-order valence-electron chi connectivity index (χ4n) is 2.76. The third-order valence-electron chi connectivity index (χ3n) is 3.81. The molecule has 0 aliphatic heterocycles. The van der Waals surface area contributed by atoms with Crippen LogP contribution in [-0.4, -0.2) is 10.1 Å². The van der Waals surface area contributed by atoms with Gasteiger partial charge in [-0.05, 0) is 18.2 Å². The first-order chi connectivity index (χ1) is 11.1. The van der Waals surface area contributed by atoms with Gasteiger partial charge in [-0.25, -0.2) is 0 Å². The van der Waals surface area contributed by atoms with Crippen molar-refractivity contribution in [2.24, 2.45) is 0 Å². The molecule has 0 unspecified atom stereocenters. The van der Waals surface area contributed by atoms with Crippen LogP contribution in [0, 0.1) is 0 Å². The van der Waals surface area contributed by atoms with Crippen LogP contribution in [0.1, 0.15) is 0 Å². The van der Waals surface area contributed by atoms with Gasteiger partial charge in [0.2, 0.25) is 11.3 Å². The maximum absolute atomic E-state index is 12.9. The maximum atomic E-state index is 12.9. The Morgan fingerprint density at radius 1 is 1.09 bits per heavy atom. The molecule has 2 heterocycles. The predicted molar refractivity (Wildman–Crippen MR) is 89.3 cm³/mol. The molecular weight excluding hydrogens is 292 g/mol. The lowest BCUT2D eigenvalue weighted by Gasteiger charge is -2.09. The van der Waals surface area contributed by atoms with Crippen LogP contribution in [0.4, 0.5) is 5.88 Å². The second-order valence-electron chi connectivity index (χ2n) is 5.23. The van der Waals surface area contributed by atoms with E-state index in [0.717, 1.165) is 5.39 Å². The first-order valence-electron chi connectivity index (χ1n) is 7.04. The highest BCUT2D eigenvalue weighted by Gasteiger charge is 2.17. The molecule has 0 amide bonds. The van der Waals surface area contributed by atoms with Gasteiger partial charge in [0, 0.05) is 23.2 Å². The van der Waals surface area contributed by atoms with E-state index in [1.54, 1.807) is 12.3 Å². The van der Waals surface area contributed by atoms with E-state index >= 15 is 0 Å². The summed E-state index contributed by atoms with van der Waals surface area (Å²) in [7, 11) is 0. The average molecular weight is 304 g/mol. The molecule has 0 saturated carbocycles. The Kier molecular flexibility index (Phi) is 2.81. The van der Waals surface area contributed by atoms with E-state index in [1.807, 2.05) is 24.3 Å². The smallest absolute Gasteiger partial charge is 0.202 e. The first-order valence-corrected chi connectivity index (χ1v) is 7.04. The molecule has 3 N–H and O–H groups in total. The largest absolute Gasteiger partial charge is 0.508 e. The van der Waals surface area contributed by atoms with Crippen molar-refractivity contribution in [3.63, 3.8) is 0 Å². The first kappa shape index (κ1) is 13.3. The Balaban J connectivity index is 2.13. The Morgan fingerprint density at radius 2 is 1.91 bits per heavy atom. The zero-order valence-corrected chi connectivity index (χ0v) is 12.0. The Bertz CT molecular complexity index is 1110. The quantitative estimate of drug-likeness (QED) is 0.563. The minimum atomic E-state index is -0.248. The summed E-state index contributed by atoms with van der Waals surface area (Å²) in [6.45, 7) is 0. The molecule has 0 bridgehead atoms. The zero-order valence-electron chi connectivity index (χ0n) is 12.0. The Labute approximate surface area is 130 Å². The maximum Gasteiger partial charge on any atom is 0.202 e. The second-order valence-corrected chi connectivity index (χ2v) is 5.23. The van der Waals surface area contributed by atoms with Crippen LogP contribution in [0.25, 0.3) is 33.0 Å². The Morgan fingerprint density at radius 3 is 2.78 bits per heavy atom. The molecule has 2 aromatic carbocycles. The number of aromatic hydroxyl groups is 1. The van der Waals surface area contributed by atoms with Crippen molar-refractivity contribution in [2.45, 2.75) is 0 Å². The fraction of sp³-hybridized carbons (Fsp3) is 0. The molecule has 0 aliphatic rings. The van der Waals surface area contributed by atoms with Gasteiger partial charge < -0.3 is 15.3 Å². The lowest BCUT2D eigenvalue weighted by atomic mass is 10.0. The molecule has 4 aromatic rings. The van der Waals surface area contributed by atoms with Gasteiger partial charge in [0.05, 0.1) is 16.5 Å². The lowest BCUT2D eigenvalue weighted by Crippen LogP contribution is -2.09. The summed E-state index contributed by atoms with van der Waals surface area (Å²) in [5.74, 6) is 0.0193. The summed E-state index contributed by atoms with van der Waals surface area (Å²) in [6, 6.07) is 13.7. The predicted octanol–water partition coefficient (Wildman–Crippen LogP) is 3.30. The molecule has 4 rings (SSSR count). The molecule has 0 fully saturated rings. The number of rotatable bonds is 1. The van der Waals surface area contributed by atoms with Crippen molar-refractivity contribution in [1.29, 1.82) is 0 Å². The standard InChI is InChI=1S/C18H12N2O3/c19-18-15(13-5-1-3-10-4-2-8-20-16(10)13)17(22)12-7-6-11(21)9-14(12)23-18/h1-9,21H,19H2. The Hall–Kier alpha value is -3.34. The number of nitrogens with two attached hydrogens (primary N) is 1. The minimum Gasteiger partial charge on any atom is -0.508 e. The van der Waals surface area contributed by atoms with E-state index in [1.165, 1.54) is 18.2 Å². The van der Waals surface area contributed by atoms with Crippen molar-refractivity contribution in [1.82, 2.24) is 4.98 Å². The lowest BCUT2D eigenvalue weighted by molar-refractivity contribution is 0.474. The van der Waals surface area contributed by atoms with Crippen molar-refractivity contribution in [2.75, 3.05) is 5.73 Å². The second kappa shape index (κ2) is 4.84. The van der Waals surface area contributed by atoms with Crippen molar-refractivity contribution in [3.8, 4) is 16.9 Å². The zero-order chi connectivity index (χ0) is 16.0. The van der Waals surface area contributed by atoms with Gasteiger partial charge >= 0.3 is 0 Å². The molecule has 5 nitrogen and oxygen atoms in total. The number of phenolic OH excluding ortho intramolecular Hbond substituents is 1. The summed E-state index contributed by atoms with van der Waals surface area (Å²) < 4.78 is 5.55. The number of pyridine rings is 1. The summed E-state index contributed by atoms with van der Waals surface area (Å²) in [4.78, 5) is 17.2. The van der Waals surface area contributed by atoms with Gasteiger partial charge in [-0.3, -0.25) is 9.78 Å². The number of phenols is 1. The van der Waals surface area contributed by atoms with Crippen LogP contribution in [-0.2, 0) is 0 Å². The van der Waals surface area contributed by atoms with Crippen molar-refractivity contribution in [3.05, 3.63) is 65.0 Å². The fourth-order valence-corrected chi connectivity index (χ4v) is 2.76. The van der Waals surface area contributed by atoms with Gasteiger partial charge in [-0.2, -0.15) is 0 Å². The summed E-state index contributed by atoms with van der Waals surface area (Å²) in [6.07, 6.45) is 1.67. The molecule has 23 heavy (non-hydrogen) atoms. The van der Waals surface area contributed by atoms with E-state index in [2.05, 4.69) is 4.98 Å². The number of hydrogen-bond acceptors (Lipinski definition) is 5. The third-order valence-corrected chi connectivity index (χ3v) is 3.81. The summed E-state index contributed by atoms with van der Waals surface area (Å²) >= 11 is 0. The number of benzene rings is 2. The van der Waals surface area contributed by atoms with Crippen molar-refractivity contribution >= 4 is 27.8 Å². The number of aromatic nitrogens is 1. The van der Waals surface area contributed by atoms with E-state index in [0.29, 0.717) is 16.5 Å². The molecule has 0 spiro atoms. The van der Waals surface area contributed by atoms with Gasteiger partial charge in [-0.1, -0.05) is 24.3 Å². The molecule has 0 aliphatic carbocycles. The minimum absolute atomic E-state index is 0.00579. The van der Waals surface area contributed by atoms with E-state index in [9.17, 15) is 9.90 Å². The molecular formula is C18H12N2O3. The van der Waals surface area contributed by atoms with Gasteiger partial charge in [0.15, 0.2) is 0 Å². The van der Waals surface area contributed by atoms with Crippen molar-refractivity contribution < 1.29 is 9.52 Å². The molecule has 5 heteroatoms. The van der Waals surface area contributed by atoms with E-state index in [-0.39, 0.29) is 28.2 Å². The number of nitrogens with zero attached hydrogens (tertiary/aromatic N) is 1. The molecule has 0 saturated heterocycles. The van der Waals surface area contributed by atoms with Crippen LogP contribution in [0.3, 0.4) is 0 Å². The number of nitrogen functional groups attached to an aromatic ring is 1. The number of hydrogen-bond donors (Lipinski definition) is 2. The van der Waals surface area contributed by atoms with Gasteiger partial charge in [0.1, 0.15) is 11.3 Å². The molecule has 0 atom stereocenters. The highest BCUT2D eigenvalue weighted by atomic mass is 16.3. The monoisotopic (exact) mass is 304 g/mol. The summed E-state index contributed by atoms with van der Waals surface area (Å²) in [5, 5.41) is 10.8. The molecule has 2 aromatic heterocycles. The van der Waals surface area contributed by atoms with Gasteiger partial charge in [-0.15, -0.1) is 0 Å². The van der Waals surface area contributed by atoms with E-state index < -0.39 is 0 Å². The highest BCUT2D eigenvalue weighted by molar-refractivity contribution is 5.98. The van der Waals surface area contributed by atoms with Crippen LogP contribution in [0.5, 0.6) is 5.75 Å². The number of anilines is 1. The third kappa shape index (κ3) is 2.02. The van der Waals surface area contributed by atoms with Gasteiger partial charge in [0.25, 0.3) is 0 Å². The average Bonchev–Trinajstić information content (AvgIpc) is 2.54. The van der Waals surface area contributed by atoms with Crippen LogP contribution in [0.2, 0.25) is 0 Å². The van der Waals surface area contributed by atoms with Crippen LogP contribution >= 0.6 is 0 Å². The SMILES string of the molecule is Nc1oc2cc(O)ccc2c(=O)c1-c1cccc2cccnc12.